The first kappa shape index (κ1) is 33.6. The fraction of sp³-hybridized carbons (Fsp3) is 0.242. The van der Waals surface area contributed by atoms with Gasteiger partial charge in [0.25, 0.3) is 5.56 Å². The Bertz CT molecular complexity index is 2010. The van der Waals surface area contributed by atoms with Crippen LogP contribution in [0.15, 0.2) is 74.6 Å². The van der Waals surface area contributed by atoms with Crippen molar-refractivity contribution in [3.05, 3.63) is 111 Å². The van der Waals surface area contributed by atoms with Crippen molar-refractivity contribution >= 4 is 62.5 Å². The maximum atomic E-state index is 14.0. The molecule has 3 aromatic carbocycles. The van der Waals surface area contributed by atoms with E-state index in [1.807, 2.05) is 19.9 Å². The predicted molar refractivity (Wildman–Crippen MR) is 181 cm³/mol. The smallest absolute Gasteiger partial charge is 0.337 e. The highest BCUT2D eigenvalue weighted by Gasteiger charge is 2.31. The van der Waals surface area contributed by atoms with Crippen molar-refractivity contribution in [3.63, 3.8) is 0 Å². The Labute approximate surface area is 287 Å². The van der Waals surface area contributed by atoms with Crippen molar-refractivity contribution in [2.24, 2.45) is 4.99 Å². The molecule has 2 heterocycles. The van der Waals surface area contributed by atoms with Crippen LogP contribution in [0, 0.1) is 0 Å². The topological polar surface area (TPSA) is 97.6 Å². The summed E-state index contributed by atoms with van der Waals surface area (Å²) in [5.41, 5.74) is 2.02. The molecule has 0 spiro atoms. The molecule has 1 atom stereocenters. The van der Waals surface area contributed by atoms with Gasteiger partial charge in [0, 0.05) is 10.7 Å². The van der Waals surface area contributed by atoms with E-state index in [0.717, 1.165) is 5.56 Å². The molecule has 13 heteroatoms. The fourth-order valence-corrected chi connectivity index (χ4v) is 6.57. The van der Waals surface area contributed by atoms with Crippen LogP contribution in [0.1, 0.15) is 36.6 Å². The number of fused-ring (bicyclic) bond motifs is 1. The molecule has 0 unspecified atom stereocenters. The molecule has 0 aliphatic carbocycles. The summed E-state index contributed by atoms with van der Waals surface area (Å²) in [5.74, 6) is 1.42. The van der Waals surface area contributed by atoms with E-state index in [9.17, 15) is 9.59 Å². The highest BCUT2D eigenvalue weighted by Crippen LogP contribution is 2.36. The van der Waals surface area contributed by atoms with Crippen molar-refractivity contribution in [1.82, 2.24) is 4.57 Å². The van der Waals surface area contributed by atoms with Crippen LogP contribution in [0.4, 0.5) is 0 Å². The molecule has 0 saturated heterocycles. The summed E-state index contributed by atoms with van der Waals surface area (Å²) in [4.78, 5) is 31.8. The standard InChI is InChI=1S/C33H29BrCl2N2O7S/c1-5-43-25-10-8-19(12-27(25)44-6-2)30-21(32(40)42-4)16-37-33-38(30)31(39)29(46-33)14-20-13-26(41-3)28(15-22(20)34)45-17-18-7-9-23(35)24(36)11-18/h7-16,30H,5-6,17H2,1-4H3/b29-14-/t30-/m1/s1. The monoisotopic (exact) mass is 746 g/mol. The largest absolute Gasteiger partial charge is 0.493 e. The van der Waals surface area contributed by atoms with Gasteiger partial charge in [-0.1, -0.05) is 62.6 Å². The van der Waals surface area contributed by atoms with Gasteiger partial charge in [0.15, 0.2) is 27.8 Å². The van der Waals surface area contributed by atoms with Crippen molar-refractivity contribution < 1.29 is 28.5 Å². The summed E-state index contributed by atoms with van der Waals surface area (Å²) in [6.45, 7) is 4.84. The second kappa shape index (κ2) is 14.8. The van der Waals surface area contributed by atoms with Crippen LogP contribution >= 0.6 is 50.5 Å². The molecule has 1 aliphatic heterocycles. The predicted octanol–water partition coefficient (Wildman–Crippen LogP) is 6.47. The third-order valence-electron chi connectivity index (χ3n) is 6.96. The molecule has 240 valence electrons. The Balaban J connectivity index is 1.55. The minimum atomic E-state index is -0.809. The number of hydrogen-bond acceptors (Lipinski definition) is 9. The number of benzene rings is 3. The third kappa shape index (κ3) is 6.97. The van der Waals surface area contributed by atoms with Gasteiger partial charge in [-0.05, 0) is 73.0 Å². The molecule has 0 radical (unpaired) electrons. The van der Waals surface area contributed by atoms with Gasteiger partial charge < -0.3 is 23.7 Å². The molecule has 0 fully saturated rings. The fourth-order valence-electron chi connectivity index (χ4n) is 4.85. The second-order valence-corrected chi connectivity index (χ2v) is 12.5. The summed E-state index contributed by atoms with van der Waals surface area (Å²) in [7, 11) is 2.83. The number of carbonyl (C=O) groups is 1. The van der Waals surface area contributed by atoms with Crippen LogP contribution in [-0.4, -0.2) is 38.0 Å². The minimum absolute atomic E-state index is 0.208. The lowest BCUT2D eigenvalue weighted by atomic mass is 9.97. The molecular formula is C33H29BrCl2N2O7S. The zero-order chi connectivity index (χ0) is 33.0. The van der Waals surface area contributed by atoms with Gasteiger partial charge in [0.1, 0.15) is 6.61 Å². The van der Waals surface area contributed by atoms with Crippen molar-refractivity contribution in [2.45, 2.75) is 26.5 Å². The maximum absolute atomic E-state index is 14.0. The first-order chi connectivity index (χ1) is 22.2. The number of methoxy groups -OCH3 is 2. The normalized spacial score (nSPS) is 14.2. The molecule has 0 bridgehead atoms. The number of nitrogens with zero attached hydrogens (tertiary/aromatic N) is 2. The van der Waals surface area contributed by atoms with Crippen LogP contribution in [0.5, 0.6) is 23.0 Å². The molecule has 1 aliphatic rings. The maximum Gasteiger partial charge on any atom is 0.337 e. The number of halogens is 3. The Hall–Kier alpha value is -3.77. The first-order valence-electron chi connectivity index (χ1n) is 14.1. The van der Waals surface area contributed by atoms with Crippen molar-refractivity contribution in [1.29, 1.82) is 0 Å². The van der Waals surface area contributed by atoms with E-state index in [1.54, 1.807) is 48.5 Å². The van der Waals surface area contributed by atoms with E-state index < -0.39 is 12.0 Å². The average molecular weight is 748 g/mol. The minimum Gasteiger partial charge on any atom is -0.493 e. The quantitative estimate of drug-likeness (QED) is 0.162. The highest BCUT2D eigenvalue weighted by molar-refractivity contribution is 9.10. The Kier molecular flexibility index (Phi) is 10.8. The Morgan fingerprint density at radius 3 is 2.39 bits per heavy atom. The van der Waals surface area contributed by atoms with Crippen LogP contribution in [0.2, 0.25) is 10.0 Å². The third-order valence-corrected chi connectivity index (χ3v) is 9.38. The molecule has 9 nitrogen and oxygen atoms in total. The number of aromatic nitrogens is 1. The first-order valence-corrected chi connectivity index (χ1v) is 16.5. The van der Waals surface area contributed by atoms with Gasteiger partial charge in [-0.25, -0.2) is 9.79 Å². The lowest BCUT2D eigenvalue weighted by Gasteiger charge is -2.23. The zero-order valence-electron chi connectivity index (χ0n) is 25.3. The van der Waals surface area contributed by atoms with Gasteiger partial charge in [-0.3, -0.25) is 9.36 Å². The van der Waals surface area contributed by atoms with E-state index in [2.05, 4.69) is 20.9 Å². The van der Waals surface area contributed by atoms with Gasteiger partial charge in [0.2, 0.25) is 0 Å². The van der Waals surface area contributed by atoms with Crippen LogP contribution in [-0.2, 0) is 16.1 Å². The molecule has 46 heavy (non-hydrogen) atoms. The Morgan fingerprint density at radius 2 is 1.70 bits per heavy atom. The zero-order valence-corrected chi connectivity index (χ0v) is 29.2. The van der Waals surface area contributed by atoms with E-state index >= 15 is 0 Å². The van der Waals surface area contributed by atoms with Crippen LogP contribution < -0.4 is 33.8 Å². The van der Waals surface area contributed by atoms with Crippen molar-refractivity contribution in [2.75, 3.05) is 27.4 Å². The lowest BCUT2D eigenvalue weighted by Crippen LogP contribution is -2.39. The van der Waals surface area contributed by atoms with Crippen LogP contribution in [0.25, 0.3) is 6.08 Å². The molecule has 0 amide bonds. The molecule has 4 aromatic rings. The number of carbonyl (C=O) groups excluding carboxylic acids is 1. The van der Waals surface area contributed by atoms with E-state index in [0.29, 0.717) is 71.2 Å². The highest BCUT2D eigenvalue weighted by atomic mass is 79.9. The number of rotatable bonds is 11. The van der Waals surface area contributed by atoms with E-state index in [4.69, 9.17) is 46.9 Å². The average Bonchev–Trinajstić information content (AvgIpc) is 3.37. The SMILES string of the molecule is CCOc1ccc([C@@H]2C(C(=O)OC)=CN=c3s/c(=C\c4cc(OC)c(OCc5ccc(Cl)c(Cl)c5)cc4Br)c(=O)n32)cc1OCC. The van der Waals surface area contributed by atoms with Gasteiger partial charge in [-0.2, -0.15) is 0 Å². The summed E-state index contributed by atoms with van der Waals surface area (Å²) < 4.78 is 30.8. The van der Waals surface area contributed by atoms with Crippen LogP contribution in [0.3, 0.4) is 0 Å². The molecular weight excluding hydrogens is 719 g/mol. The second-order valence-electron chi connectivity index (χ2n) is 9.81. The van der Waals surface area contributed by atoms with Crippen molar-refractivity contribution in [3.8, 4) is 23.0 Å². The Morgan fingerprint density at radius 1 is 0.957 bits per heavy atom. The summed E-state index contributed by atoms with van der Waals surface area (Å²) >= 11 is 17.0. The number of esters is 1. The summed E-state index contributed by atoms with van der Waals surface area (Å²) in [6.07, 6.45) is 3.18. The van der Waals surface area contributed by atoms with E-state index in [-0.39, 0.29) is 17.7 Å². The summed E-state index contributed by atoms with van der Waals surface area (Å²) in [6, 6.07) is 13.3. The number of hydrogen-bond donors (Lipinski definition) is 0. The van der Waals surface area contributed by atoms with Gasteiger partial charge in [0.05, 0.1) is 53.6 Å². The molecule has 5 rings (SSSR count). The van der Waals surface area contributed by atoms with Gasteiger partial charge >= 0.3 is 5.97 Å². The molecule has 0 N–H and O–H groups in total. The molecule has 0 saturated carbocycles. The number of ether oxygens (including phenoxy) is 5. The van der Waals surface area contributed by atoms with Gasteiger partial charge in [-0.15, -0.1) is 0 Å². The molecule has 1 aromatic heterocycles. The summed E-state index contributed by atoms with van der Waals surface area (Å²) in [5, 5.41) is 0.897. The lowest BCUT2D eigenvalue weighted by molar-refractivity contribution is -0.136. The van der Waals surface area contributed by atoms with E-state index in [1.165, 1.54) is 36.3 Å². The number of thiazole rings is 1.